The van der Waals surface area contributed by atoms with Gasteiger partial charge in [0.2, 0.25) is 0 Å². The van der Waals surface area contributed by atoms with E-state index in [1.54, 1.807) is 0 Å². The normalized spacial score (nSPS) is 29.8. The molecule has 0 amide bonds. The molecule has 2 rings (SSSR count). The third-order valence-electron chi connectivity index (χ3n) is 4.10. The van der Waals surface area contributed by atoms with Crippen LogP contribution in [0, 0.1) is 0 Å². The smallest absolute Gasteiger partial charge is 0.305 e. The molecule has 0 spiro atoms. The van der Waals surface area contributed by atoms with Crippen molar-refractivity contribution in [2.24, 2.45) is 0 Å². The first-order valence-corrected chi connectivity index (χ1v) is 7.45. The Hall–Kier alpha value is -0.690. The van der Waals surface area contributed by atoms with Crippen LogP contribution in [0.1, 0.15) is 20.3 Å². The summed E-state index contributed by atoms with van der Waals surface area (Å²) in [5, 5.41) is 8.98. The number of hydrogen-bond donors (Lipinski definition) is 1. The minimum absolute atomic E-state index is 0.0284. The van der Waals surface area contributed by atoms with Crippen LogP contribution in [0.4, 0.5) is 0 Å². The number of morpholine rings is 2. The average molecular weight is 286 g/mol. The van der Waals surface area contributed by atoms with Crippen molar-refractivity contribution in [2.75, 3.05) is 46.0 Å². The highest BCUT2D eigenvalue weighted by atomic mass is 16.5. The number of rotatable bonds is 5. The van der Waals surface area contributed by atoms with Crippen molar-refractivity contribution in [3.05, 3.63) is 0 Å². The van der Waals surface area contributed by atoms with Gasteiger partial charge in [0.25, 0.3) is 0 Å². The molecule has 0 saturated carbocycles. The van der Waals surface area contributed by atoms with E-state index in [0.717, 1.165) is 32.8 Å². The van der Waals surface area contributed by atoms with Crippen LogP contribution in [-0.2, 0) is 14.3 Å². The molecule has 0 aliphatic carbocycles. The van der Waals surface area contributed by atoms with Gasteiger partial charge in [0.15, 0.2) is 0 Å². The lowest BCUT2D eigenvalue weighted by atomic mass is 10.1. The molecule has 116 valence electrons. The van der Waals surface area contributed by atoms with Crippen LogP contribution in [0.5, 0.6) is 0 Å². The van der Waals surface area contributed by atoms with Crippen molar-refractivity contribution in [3.8, 4) is 0 Å². The molecule has 1 N–H and O–H groups in total. The van der Waals surface area contributed by atoms with Crippen molar-refractivity contribution < 1.29 is 19.4 Å². The summed E-state index contributed by atoms with van der Waals surface area (Å²) in [5.74, 6) is -0.765. The summed E-state index contributed by atoms with van der Waals surface area (Å²) in [6.07, 6.45) is 0.307. The topological polar surface area (TPSA) is 62.2 Å². The fourth-order valence-electron chi connectivity index (χ4n) is 2.90. The summed E-state index contributed by atoms with van der Waals surface area (Å²) in [5.41, 5.74) is 0. The van der Waals surface area contributed by atoms with Crippen molar-refractivity contribution in [1.29, 1.82) is 0 Å². The van der Waals surface area contributed by atoms with Crippen LogP contribution < -0.4 is 0 Å². The lowest BCUT2D eigenvalue weighted by molar-refractivity contribution is -0.141. The van der Waals surface area contributed by atoms with E-state index in [0.29, 0.717) is 19.3 Å². The third kappa shape index (κ3) is 4.41. The van der Waals surface area contributed by atoms with Crippen molar-refractivity contribution >= 4 is 5.97 Å². The molecule has 2 unspecified atom stereocenters. The zero-order chi connectivity index (χ0) is 14.5. The van der Waals surface area contributed by atoms with Crippen LogP contribution >= 0.6 is 0 Å². The molecule has 2 heterocycles. The Morgan fingerprint density at radius 3 is 2.85 bits per heavy atom. The number of nitrogens with zero attached hydrogens (tertiary/aromatic N) is 2. The van der Waals surface area contributed by atoms with Gasteiger partial charge >= 0.3 is 5.97 Å². The molecule has 6 nitrogen and oxygen atoms in total. The van der Waals surface area contributed by atoms with E-state index in [-0.39, 0.29) is 18.6 Å². The Bertz CT molecular complexity index is 324. The van der Waals surface area contributed by atoms with E-state index in [1.807, 2.05) is 0 Å². The molecular formula is C14H26N2O4. The van der Waals surface area contributed by atoms with Gasteiger partial charge in [0.05, 0.1) is 32.3 Å². The highest BCUT2D eigenvalue weighted by Gasteiger charge is 2.30. The predicted molar refractivity (Wildman–Crippen MR) is 74.9 cm³/mol. The third-order valence-corrected chi connectivity index (χ3v) is 4.10. The summed E-state index contributed by atoms with van der Waals surface area (Å²) < 4.78 is 11.2. The van der Waals surface area contributed by atoms with E-state index in [2.05, 4.69) is 23.6 Å². The maximum Gasteiger partial charge on any atom is 0.305 e. The molecule has 0 bridgehead atoms. The van der Waals surface area contributed by atoms with E-state index in [4.69, 9.17) is 14.6 Å². The van der Waals surface area contributed by atoms with E-state index in [9.17, 15) is 4.79 Å². The molecule has 2 atom stereocenters. The molecule has 2 aliphatic rings. The van der Waals surface area contributed by atoms with Gasteiger partial charge in [-0.25, -0.2) is 0 Å². The van der Waals surface area contributed by atoms with Crippen LogP contribution in [0.25, 0.3) is 0 Å². The minimum Gasteiger partial charge on any atom is -0.481 e. The van der Waals surface area contributed by atoms with E-state index in [1.165, 1.54) is 0 Å². The van der Waals surface area contributed by atoms with Gasteiger partial charge in [-0.1, -0.05) is 0 Å². The maximum atomic E-state index is 10.9. The number of aliphatic carboxylic acids is 1. The second kappa shape index (κ2) is 7.36. The van der Waals surface area contributed by atoms with Gasteiger partial charge in [-0.2, -0.15) is 0 Å². The molecule has 2 aliphatic heterocycles. The Balaban J connectivity index is 1.87. The van der Waals surface area contributed by atoms with Crippen molar-refractivity contribution in [2.45, 2.75) is 38.5 Å². The van der Waals surface area contributed by atoms with Crippen molar-refractivity contribution in [1.82, 2.24) is 9.80 Å². The molecule has 0 aromatic carbocycles. The second-order valence-electron chi connectivity index (χ2n) is 5.90. The lowest BCUT2D eigenvalue weighted by Gasteiger charge is -2.41. The van der Waals surface area contributed by atoms with E-state index >= 15 is 0 Å². The molecular weight excluding hydrogens is 260 g/mol. The number of carboxylic acid groups (broad SMARTS) is 1. The first kappa shape index (κ1) is 15.7. The molecule has 20 heavy (non-hydrogen) atoms. The monoisotopic (exact) mass is 286 g/mol. The first-order chi connectivity index (χ1) is 9.56. The standard InChI is InChI=1S/C14H26N2O4/c1-11(2)15-4-6-20-13(8-15)9-16-3-5-19-10-12(16)7-14(17)18/h11-13H,3-10H2,1-2H3,(H,17,18). The van der Waals surface area contributed by atoms with Crippen LogP contribution in [0.2, 0.25) is 0 Å². The van der Waals surface area contributed by atoms with Gasteiger partial charge < -0.3 is 14.6 Å². The lowest BCUT2D eigenvalue weighted by Crippen LogP contribution is -2.54. The van der Waals surface area contributed by atoms with Gasteiger partial charge in [0.1, 0.15) is 0 Å². The first-order valence-electron chi connectivity index (χ1n) is 7.45. The molecule has 0 aromatic rings. The fraction of sp³-hybridized carbons (Fsp3) is 0.929. The predicted octanol–water partition coefficient (Wildman–Crippen LogP) is 0.271. The zero-order valence-electron chi connectivity index (χ0n) is 12.5. The summed E-state index contributed by atoms with van der Waals surface area (Å²) in [4.78, 5) is 15.6. The number of carbonyl (C=O) groups is 1. The summed E-state index contributed by atoms with van der Waals surface area (Å²) in [6.45, 7) is 9.84. The molecule has 0 aromatic heterocycles. The van der Waals surface area contributed by atoms with Crippen LogP contribution in [-0.4, -0.2) is 85.1 Å². The Morgan fingerprint density at radius 2 is 2.15 bits per heavy atom. The molecule has 2 fully saturated rings. The SMILES string of the molecule is CC(C)N1CCOC(CN2CCOCC2CC(=O)O)C1. The Morgan fingerprint density at radius 1 is 1.35 bits per heavy atom. The fourth-order valence-corrected chi connectivity index (χ4v) is 2.90. The summed E-state index contributed by atoms with van der Waals surface area (Å²) >= 11 is 0. The minimum atomic E-state index is -0.765. The van der Waals surface area contributed by atoms with E-state index < -0.39 is 5.97 Å². The molecule has 2 saturated heterocycles. The molecule has 6 heteroatoms. The summed E-state index contributed by atoms with van der Waals surface area (Å²) in [7, 11) is 0. The van der Waals surface area contributed by atoms with Crippen molar-refractivity contribution in [3.63, 3.8) is 0 Å². The summed E-state index contributed by atoms with van der Waals surface area (Å²) in [6, 6.07) is 0.500. The Labute approximate surface area is 120 Å². The second-order valence-corrected chi connectivity index (χ2v) is 5.90. The van der Waals surface area contributed by atoms with Gasteiger partial charge in [-0.05, 0) is 13.8 Å². The van der Waals surface area contributed by atoms with Gasteiger partial charge in [-0.15, -0.1) is 0 Å². The Kier molecular flexibility index (Phi) is 5.77. The van der Waals surface area contributed by atoms with Gasteiger partial charge in [0, 0.05) is 38.3 Å². The highest BCUT2D eigenvalue weighted by Crippen LogP contribution is 2.15. The average Bonchev–Trinajstić information content (AvgIpc) is 2.41. The zero-order valence-corrected chi connectivity index (χ0v) is 12.5. The molecule has 0 radical (unpaired) electrons. The highest BCUT2D eigenvalue weighted by molar-refractivity contribution is 5.67. The van der Waals surface area contributed by atoms with Crippen LogP contribution in [0.15, 0.2) is 0 Å². The largest absolute Gasteiger partial charge is 0.481 e. The van der Waals surface area contributed by atoms with Gasteiger partial charge in [-0.3, -0.25) is 14.6 Å². The number of ether oxygens (including phenoxy) is 2. The maximum absolute atomic E-state index is 10.9. The number of carboxylic acids is 1. The number of hydrogen-bond acceptors (Lipinski definition) is 5. The van der Waals surface area contributed by atoms with Crippen LogP contribution in [0.3, 0.4) is 0 Å². The quantitative estimate of drug-likeness (QED) is 0.783.